The molecule has 0 radical (unpaired) electrons. The molecule has 6 heteroatoms. The molecule has 0 aromatic carbocycles. The molecule has 1 unspecified atom stereocenters. The largest absolute Gasteiger partial charge is 0.481 e. The third-order valence-corrected chi connectivity index (χ3v) is 2.16. The fraction of sp³-hybridized carbons (Fsp3) is 0.583. The highest BCUT2D eigenvalue weighted by Crippen LogP contribution is 2.08. The molecule has 0 aliphatic heterocycles. The van der Waals surface area contributed by atoms with Gasteiger partial charge >= 0.3 is 5.97 Å². The number of ether oxygens (including phenoxy) is 2. The van der Waals surface area contributed by atoms with E-state index in [9.17, 15) is 4.79 Å². The molecule has 1 N–H and O–H groups in total. The Morgan fingerprint density at radius 2 is 2.17 bits per heavy atom. The average molecular weight is 253 g/mol. The van der Waals surface area contributed by atoms with E-state index in [2.05, 4.69) is 15.3 Å². The Kier molecular flexibility index (Phi) is 5.35. The topological polar surface area (TPSA) is 73.3 Å². The Morgan fingerprint density at radius 3 is 2.78 bits per heavy atom. The number of nitrogens with zero attached hydrogens (tertiary/aromatic N) is 2. The fourth-order valence-corrected chi connectivity index (χ4v) is 1.22. The number of rotatable bonds is 6. The minimum Gasteiger partial charge on any atom is -0.481 e. The van der Waals surface area contributed by atoms with Gasteiger partial charge < -0.3 is 14.8 Å². The van der Waals surface area contributed by atoms with Crippen LogP contribution in [0.4, 0.5) is 5.95 Å². The van der Waals surface area contributed by atoms with Gasteiger partial charge in [-0.1, -0.05) is 6.92 Å². The molecule has 0 amide bonds. The molecule has 1 aromatic heterocycles. The van der Waals surface area contributed by atoms with E-state index in [0.29, 0.717) is 18.4 Å². The highest BCUT2D eigenvalue weighted by atomic mass is 16.5. The first-order chi connectivity index (χ1) is 8.52. The van der Waals surface area contributed by atoms with Crippen molar-refractivity contribution in [3.63, 3.8) is 0 Å². The Labute approximate surface area is 107 Å². The van der Waals surface area contributed by atoms with Crippen LogP contribution in [-0.2, 0) is 9.53 Å². The van der Waals surface area contributed by atoms with Crippen molar-refractivity contribution in [3.05, 3.63) is 12.3 Å². The molecule has 0 aliphatic rings. The number of nitrogens with one attached hydrogen (secondary N) is 1. The Balaban J connectivity index is 2.46. The first kappa shape index (κ1) is 14.2. The van der Waals surface area contributed by atoms with Gasteiger partial charge in [0.2, 0.25) is 11.8 Å². The van der Waals surface area contributed by atoms with Crippen LogP contribution in [0.3, 0.4) is 0 Å². The van der Waals surface area contributed by atoms with Crippen molar-refractivity contribution in [1.82, 2.24) is 9.97 Å². The summed E-state index contributed by atoms with van der Waals surface area (Å²) in [6.45, 7) is 5.85. The second-order valence-electron chi connectivity index (χ2n) is 4.19. The summed E-state index contributed by atoms with van der Waals surface area (Å²) in [5, 5.41) is 2.97. The zero-order valence-electron chi connectivity index (χ0n) is 11.1. The number of hydrogen-bond donors (Lipinski definition) is 1. The van der Waals surface area contributed by atoms with Gasteiger partial charge in [0.1, 0.15) is 0 Å². The minimum atomic E-state index is -0.262. The highest BCUT2D eigenvalue weighted by molar-refractivity contribution is 5.72. The van der Waals surface area contributed by atoms with E-state index in [4.69, 9.17) is 9.47 Å². The van der Waals surface area contributed by atoms with E-state index in [1.54, 1.807) is 19.2 Å². The molecule has 0 spiro atoms. The Morgan fingerprint density at radius 1 is 1.44 bits per heavy atom. The van der Waals surface area contributed by atoms with Crippen LogP contribution in [0, 0.1) is 5.92 Å². The van der Waals surface area contributed by atoms with E-state index in [-0.39, 0.29) is 18.0 Å². The van der Waals surface area contributed by atoms with Gasteiger partial charge in [0.15, 0.2) is 0 Å². The molecule has 0 bridgehead atoms. The predicted molar refractivity (Wildman–Crippen MR) is 67.5 cm³/mol. The van der Waals surface area contributed by atoms with Crippen molar-refractivity contribution in [2.45, 2.75) is 26.9 Å². The molecule has 0 saturated carbocycles. The van der Waals surface area contributed by atoms with Crippen molar-refractivity contribution < 1.29 is 14.3 Å². The van der Waals surface area contributed by atoms with Crippen LogP contribution in [0.15, 0.2) is 12.3 Å². The van der Waals surface area contributed by atoms with Crippen molar-refractivity contribution in [3.8, 4) is 5.88 Å². The van der Waals surface area contributed by atoms with Crippen molar-refractivity contribution in [1.29, 1.82) is 0 Å². The molecule has 0 fully saturated rings. The van der Waals surface area contributed by atoms with Crippen LogP contribution in [0.25, 0.3) is 0 Å². The molecule has 0 saturated heterocycles. The standard InChI is InChI=1S/C12H19N3O3/c1-8(2)18-11(16)9(3)7-14-12-13-6-5-10(15-12)17-4/h5-6,8-9H,7H2,1-4H3,(H,13,14,15). The summed E-state index contributed by atoms with van der Waals surface area (Å²) in [5.41, 5.74) is 0. The quantitative estimate of drug-likeness (QED) is 0.774. The third kappa shape index (κ3) is 4.57. The number of aromatic nitrogens is 2. The molecule has 1 aromatic rings. The molecule has 0 aliphatic carbocycles. The zero-order valence-corrected chi connectivity index (χ0v) is 11.1. The molecule has 100 valence electrons. The van der Waals surface area contributed by atoms with Crippen LogP contribution in [0.1, 0.15) is 20.8 Å². The van der Waals surface area contributed by atoms with Gasteiger partial charge in [-0.05, 0) is 13.8 Å². The number of anilines is 1. The van der Waals surface area contributed by atoms with Crippen molar-refractivity contribution in [2.24, 2.45) is 5.92 Å². The second-order valence-corrected chi connectivity index (χ2v) is 4.19. The van der Waals surface area contributed by atoms with Crippen LogP contribution < -0.4 is 10.1 Å². The zero-order chi connectivity index (χ0) is 13.5. The fourth-order valence-electron chi connectivity index (χ4n) is 1.22. The van der Waals surface area contributed by atoms with E-state index in [1.165, 1.54) is 7.11 Å². The highest BCUT2D eigenvalue weighted by Gasteiger charge is 2.15. The molecular weight excluding hydrogens is 234 g/mol. The maximum Gasteiger partial charge on any atom is 0.310 e. The summed E-state index contributed by atoms with van der Waals surface area (Å²) in [4.78, 5) is 19.7. The maximum absolute atomic E-state index is 11.6. The molecule has 18 heavy (non-hydrogen) atoms. The van der Waals surface area contributed by atoms with Crippen molar-refractivity contribution in [2.75, 3.05) is 19.0 Å². The molecule has 1 rings (SSSR count). The van der Waals surface area contributed by atoms with E-state index < -0.39 is 0 Å². The van der Waals surface area contributed by atoms with Crippen molar-refractivity contribution >= 4 is 11.9 Å². The normalized spacial score (nSPS) is 12.1. The number of carbonyl (C=O) groups is 1. The molecule has 6 nitrogen and oxygen atoms in total. The van der Waals surface area contributed by atoms with Gasteiger partial charge in [0, 0.05) is 18.8 Å². The van der Waals surface area contributed by atoms with Gasteiger partial charge in [0.05, 0.1) is 19.1 Å². The van der Waals surface area contributed by atoms with Gasteiger partial charge in [-0.3, -0.25) is 4.79 Å². The van der Waals surface area contributed by atoms with Crippen LogP contribution >= 0.6 is 0 Å². The summed E-state index contributed by atoms with van der Waals surface area (Å²) >= 11 is 0. The lowest BCUT2D eigenvalue weighted by atomic mass is 10.2. The monoisotopic (exact) mass is 253 g/mol. The summed E-state index contributed by atoms with van der Waals surface area (Å²) in [6.07, 6.45) is 1.48. The van der Waals surface area contributed by atoms with Crippen LogP contribution in [0.2, 0.25) is 0 Å². The first-order valence-electron chi connectivity index (χ1n) is 5.84. The summed E-state index contributed by atoms with van der Waals surface area (Å²) in [6, 6.07) is 1.65. The second kappa shape index (κ2) is 6.78. The number of methoxy groups -OCH3 is 1. The van der Waals surface area contributed by atoms with Crippen LogP contribution in [0.5, 0.6) is 5.88 Å². The molecular formula is C12H19N3O3. The summed E-state index contributed by atoms with van der Waals surface area (Å²) in [5.74, 6) is 0.408. The molecule has 1 heterocycles. The smallest absolute Gasteiger partial charge is 0.310 e. The minimum absolute atomic E-state index is 0.104. The first-order valence-corrected chi connectivity index (χ1v) is 5.84. The van der Waals surface area contributed by atoms with E-state index in [0.717, 1.165) is 0 Å². The third-order valence-electron chi connectivity index (χ3n) is 2.16. The Hall–Kier alpha value is -1.85. The lowest BCUT2D eigenvalue weighted by molar-refractivity contribution is -0.151. The Bertz CT molecular complexity index is 396. The lowest BCUT2D eigenvalue weighted by Crippen LogP contribution is -2.25. The number of hydrogen-bond acceptors (Lipinski definition) is 6. The van der Waals surface area contributed by atoms with Crippen LogP contribution in [-0.4, -0.2) is 35.7 Å². The van der Waals surface area contributed by atoms with E-state index in [1.807, 2.05) is 13.8 Å². The van der Waals surface area contributed by atoms with Gasteiger partial charge in [-0.25, -0.2) is 4.98 Å². The summed E-state index contributed by atoms with van der Waals surface area (Å²) < 4.78 is 10.1. The predicted octanol–water partition coefficient (Wildman–Crippen LogP) is 1.48. The SMILES string of the molecule is COc1ccnc(NCC(C)C(=O)OC(C)C)n1. The summed E-state index contributed by atoms with van der Waals surface area (Å²) in [7, 11) is 1.54. The average Bonchev–Trinajstić information content (AvgIpc) is 2.35. The van der Waals surface area contributed by atoms with E-state index >= 15 is 0 Å². The number of carbonyl (C=O) groups excluding carboxylic acids is 1. The maximum atomic E-state index is 11.6. The lowest BCUT2D eigenvalue weighted by Gasteiger charge is -2.14. The number of esters is 1. The molecule has 1 atom stereocenters. The van der Waals surface area contributed by atoms with Gasteiger partial charge in [0.25, 0.3) is 0 Å². The van der Waals surface area contributed by atoms with Gasteiger partial charge in [-0.2, -0.15) is 4.98 Å². The van der Waals surface area contributed by atoms with Gasteiger partial charge in [-0.15, -0.1) is 0 Å².